The molecule has 0 amide bonds. The van der Waals surface area contributed by atoms with E-state index in [1.807, 2.05) is 0 Å². The first kappa shape index (κ1) is 14.4. The van der Waals surface area contributed by atoms with E-state index in [1.54, 1.807) is 0 Å². The summed E-state index contributed by atoms with van der Waals surface area (Å²) in [5, 5.41) is -0.0263. The van der Waals surface area contributed by atoms with Crippen LogP contribution < -0.4 is 0 Å². The molecule has 0 aromatic rings. The van der Waals surface area contributed by atoms with E-state index in [9.17, 15) is 4.57 Å². The lowest BCUT2D eigenvalue weighted by Gasteiger charge is -2.38. The summed E-state index contributed by atoms with van der Waals surface area (Å²) in [6.45, 7) is 17.6. The highest BCUT2D eigenvalue weighted by Gasteiger charge is 2.42. The Hall–Kier alpha value is 0.447. The molecule has 14 heavy (non-hydrogen) atoms. The monoisotopic (exact) mass is 234 g/mol. The van der Waals surface area contributed by atoms with Crippen molar-refractivity contribution in [2.75, 3.05) is 5.79 Å². The molecule has 0 aliphatic heterocycles. The number of hydrogen-bond donors (Lipinski definition) is 0. The lowest BCUT2D eigenvalue weighted by atomic mass is 10.3. The fourth-order valence-electron chi connectivity index (χ4n) is 1.90. The van der Waals surface area contributed by atoms with Crippen molar-refractivity contribution in [1.82, 2.24) is 0 Å². The zero-order valence-electron chi connectivity index (χ0n) is 11.1. The van der Waals surface area contributed by atoms with Crippen LogP contribution in [0.5, 0.6) is 0 Å². The van der Waals surface area contributed by atoms with Gasteiger partial charge in [0.25, 0.3) is 0 Å². The highest BCUT2D eigenvalue weighted by molar-refractivity contribution is 7.68. The average Bonchev–Trinajstić information content (AvgIpc) is 1.79. The molecule has 0 aromatic carbocycles. The summed E-state index contributed by atoms with van der Waals surface area (Å²) in [5.74, 6) is 0.987. The fraction of sp³-hybridized carbons (Fsp3) is 1.00. The standard InChI is InChI=1S/C11H27OPSi/c1-10(2)13(12,11(3,4)5)9-14(6,7)8/h10H,9H2,1-8H3. The van der Waals surface area contributed by atoms with Crippen LogP contribution >= 0.6 is 7.14 Å². The molecule has 1 unspecified atom stereocenters. The Balaban J connectivity index is 5.06. The van der Waals surface area contributed by atoms with Crippen LogP contribution in [0, 0.1) is 0 Å². The topological polar surface area (TPSA) is 17.1 Å². The summed E-state index contributed by atoms with van der Waals surface area (Å²) < 4.78 is 13.0. The Morgan fingerprint density at radius 2 is 1.50 bits per heavy atom. The van der Waals surface area contributed by atoms with Crippen molar-refractivity contribution in [2.45, 2.75) is 65.1 Å². The zero-order valence-corrected chi connectivity index (χ0v) is 13.0. The quantitative estimate of drug-likeness (QED) is 0.521. The van der Waals surface area contributed by atoms with Gasteiger partial charge in [0, 0.05) is 10.8 Å². The zero-order chi connectivity index (χ0) is 11.8. The van der Waals surface area contributed by atoms with Crippen molar-refractivity contribution in [3.05, 3.63) is 0 Å². The van der Waals surface area contributed by atoms with E-state index < -0.39 is 15.2 Å². The second-order valence-electron chi connectivity index (χ2n) is 6.78. The molecule has 0 saturated heterocycles. The molecule has 1 nitrogen and oxygen atoms in total. The van der Waals surface area contributed by atoms with Gasteiger partial charge in [-0.3, -0.25) is 0 Å². The van der Waals surface area contributed by atoms with Crippen LogP contribution in [0.1, 0.15) is 34.6 Å². The SMILES string of the molecule is CC(C)P(=O)(C[Si](C)(C)C)C(C)(C)C. The molecule has 0 saturated carbocycles. The van der Waals surface area contributed by atoms with Crippen LogP contribution in [0.25, 0.3) is 0 Å². The molecule has 0 aromatic heterocycles. The van der Waals surface area contributed by atoms with E-state index in [-0.39, 0.29) is 5.16 Å². The molecule has 86 valence electrons. The minimum atomic E-state index is -2.03. The van der Waals surface area contributed by atoms with E-state index in [0.29, 0.717) is 5.66 Å². The molecule has 0 aliphatic carbocycles. The highest BCUT2D eigenvalue weighted by Crippen LogP contribution is 2.62. The van der Waals surface area contributed by atoms with Gasteiger partial charge in [-0.05, 0) is 5.79 Å². The molecule has 0 bridgehead atoms. The Morgan fingerprint density at radius 1 is 1.14 bits per heavy atom. The lowest BCUT2D eigenvalue weighted by Crippen LogP contribution is -2.34. The van der Waals surface area contributed by atoms with Crippen molar-refractivity contribution in [2.24, 2.45) is 0 Å². The van der Waals surface area contributed by atoms with Gasteiger partial charge < -0.3 is 4.57 Å². The van der Waals surface area contributed by atoms with Crippen LogP contribution in [-0.4, -0.2) is 24.7 Å². The van der Waals surface area contributed by atoms with Crippen LogP contribution in [-0.2, 0) is 4.57 Å². The van der Waals surface area contributed by atoms with Gasteiger partial charge in [-0.15, -0.1) is 0 Å². The maximum Gasteiger partial charge on any atom is 0.0926 e. The minimum Gasteiger partial charge on any atom is -0.323 e. The van der Waals surface area contributed by atoms with Gasteiger partial charge in [0.2, 0.25) is 0 Å². The predicted molar refractivity (Wildman–Crippen MR) is 70.7 cm³/mol. The third-order valence-corrected chi connectivity index (χ3v) is 12.3. The number of hydrogen-bond acceptors (Lipinski definition) is 1. The summed E-state index contributed by atoms with van der Waals surface area (Å²) in [4.78, 5) is 0. The van der Waals surface area contributed by atoms with Crippen molar-refractivity contribution < 1.29 is 4.57 Å². The van der Waals surface area contributed by atoms with Crippen LogP contribution in [0.15, 0.2) is 0 Å². The molecular weight excluding hydrogens is 207 g/mol. The molecule has 0 aliphatic rings. The largest absolute Gasteiger partial charge is 0.323 e. The molecule has 1 atom stereocenters. The maximum atomic E-state index is 13.0. The van der Waals surface area contributed by atoms with E-state index in [4.69, 9.17) is 0 Å². The summed E-state index contributed by atoms with van der Waals surface area (Å²) in [7, 11) is -3.26. The minimum absolute atomic E-state index is 0.0263. The highest BCUT2D eigenvalue weighted by atomic mass is 31.2. The molecule has 0 rings (SSSR count). The van der Waals surface area contributed by atoms with Gasteiger partial charge in [-0.25, -0.2) is 0 Å². The maximum absolute atomic E-state index is 13.0. The normalized spacial score (nSPS) is 18.4. The van der Waals surface area contributed by atoms with Crippen molar-refractivity contribution in [3.63, 3.8) is 0 Å². The van der Waals surface area contributed by atoms with Gasteiger partial charge in [-0.1, -0.05) is 54.3 Å². The van der Waals surface area contributed by atoms with Gasteiger partial charge >= 0.3 is 0 Å². The van der Waals surface area contributed by atoms with Gasteiger partial charge in [0.15, 0.2) is 0 Å². The predicted octanol–water partition coefficient (Wildman–Crippen LogP) is 4.43. The second kappa shape index (κ2) is 4.13. The van der Waals surface area contributed by atoms with E-state index >= 15 is 0 Å². The summed E-state index contributed by atoms with van der Waals surface area (Å²) in [6, 6.07) is 0. The molecule has 0 heterocycles. The van der Waals surface area contributed by atoms with E-state index in [2.05, 4.69) is 54.3 Å². The molecule has 0 N–H and O–H groups in total. The van der Waals surface area contributed by atoms with Crippen LogP contribution in [0.4, 0.5) is 0 Å². The first-order chi connectivity index (χ1) is 5.90. The van der Waals surface area contributed by atoms with Gasteiger partial charge in [0.05, 0.1) is 15.2 Å². The smallest absolute Gasteiger partial charge is 0.0926 e. The molecular formula is C11H27OPSi. The Labute approximate surface area is 91.1 Å². The van der Waals surface area contributed by atoms with Crippen molar-refractivity contribution in [1.29, 1.82) is 0 Å². The molecule has 3 heteroatoms. The van der Waals surface area contributed by atoms with Gasteiger partial charge in [0.1, 0.15) is 0 Å². The van der Waals surface area contributed by atoms with Crippen LogP contribution in [0.3, 0.4) is 0 Å². The van der Waals surface area contributed by atoms with Crippen molar-refractivity contribution >= 4 is 15.2 Å². The van der Waals surface area contributed by atoms with Crippen LogP contribution in [0.2, 0.25) is 19.6 Å². The first-order valence-corrected chi connectivity index (χ1v) is 11.2. The Kier molecular flexibility index (Phi) is 4.27. The second-order valence-corrected chi connectivity index (χ2v) is 17.1. The van der Waals surface area contributed by atoms with E-state index in [0.717, 1.165) is 5.79 Å². The lowest BCUT2D eigenvalue weighted by molar-refractivity contribution is 0.543. The summed E-state index contributed by atoms with van der Waals surface area (Å²) in [5.41, 5.74) is 0.328. The molecule has 0 radical (unpaired) electrons. The average molecular weight is 234 g/mol. The van der Waals surface area contributed by atoms with Gasteiger partial charge in [-0.2, -0.15) is 0 Å². The molecule has 0 spiro atoms. The summed E-state index contributed by atoms with van der Waals surface area (Å²) >= 11 is 0. The Bertz CT molecular complexity index is 233. The third kappa shape index (κ3) is 3.55. The molecule has 0 fully saturated rings. The van der Waals surface area contributed by atoms with Crippen molar-refractivity contribution in [3.8, 4) is 0 Å². The summed E-state index contributed by atoms with van der Waals surface area (Å²) in [6.07, 6.45) is 0. The Morgan fingerprint density at radius 3 is 1.57 bits per heavy atom. The number of rotatable bonds is 3. The third-order valence-electron chi connectivity index (χ3n) is 2.68. The first-order valence-electron chi connectivity index (χ1n) is 5.49. The fourth-order valence-corrected chi connectivity index (χ4v) is 12.4. The van der Waals surface area contributed by atoms with E-state index in [1.165, 1.54) is 0 Å².